The second-order valence-corrected chi connectivity index (χ2v) is 11.4. The molecule has 0 unspecified atom stereocenters. The molecule has 1 aromatic carbocycles. The van der Waals surface area contributed by atoms with Crippen LogP contribution in [0, 0.1) is 5.92 Å². The lowest BCUT2D eigenvalue weighted by Gasteiger charge is -2.38. The standard InChI is InChI=1S/C23H38N4O6S/c1-16-13-27(17(2)15-28)23(30)19-12-18(24-22(29)8-7-11-25(3)4)9-10-20(19)33-21(16)14-26(5)34(6,31)32/h9-10,12,16-17,21,28H,7-8,11,13-15H2,1-6H3,(H,24,29)/t16-,17+,21+/m1/s1. The van der Waals surface area contributed by atoms with Crippen LogP contribution < -0.4 is 10.1 Å². The summed E-state index contributed by atoms with van der Waals surface area (Å²) in [4.78, 5) is 29.3. The normalized spacial score (nSPS) is 19.9. The SMILES string of the molecule is C[C@@H]1CN([C@@H](C)CO)C(=O)c2cc(NC(=O)CCCN(C)C)ccc2O[C@H]1CN(C)S(C)(=O)=O. The Labute approximate surface area is 202 Å². The molecule has 0 aliphatic carbocycles. The number of ether oxygens (including phenoxy) is 1. The average molecular weight is 499 g/mol. The smallest absolute Gasteiger partial charge is 0.258 e. The third-order valence-corrected chi connectivity index (χ3v) is 7.24. The highest BCUT2D eigenvalue weighted by atomic mass is 32.2. The van der Waals surface area contributed by atoms with E-state index < -0.39 is 22.2 Å². The predicted octanol–water partition coefficient (Wildman–Crippen LogP) is 1.08. The number of fused-ring (bicyclic) bond motifs is 1. The largest absolute Gasteiger partial charge is 0.488 e. The number of aliphatic hydroxyl groups is 1. The molecular weight excluding hydrogens is 460 g/mol. The molecule has 11 heteroatoms. The second-order valence-electron chi connectivity index (χ2n) is 9.33. The lowest BCUT2D eigenvalue weighted by molar-refractivity contribution is -0.116. The third-order valence-electron chi connectivity index (χ3n) is 5.96. The van der Waals surface area contributed by atoms with Gasteiger partial charge in [-0.25, -0.2) is 12.7 Å². The maximum Gasteiger partial charge on any atom is 0.258 e. The van der Waals surface area contributed by atoms with Gasteiger partial charge in [0, 0.05) is 31.6 Å². The highest BCUT2D eigenvalue weighted by molar-refractivity contribution is 7.88. The molecule has 0 spiro atoms. The van der Waals surface area contributed by atoms with Crippen molar-refractivity contribution in [3.8, 4) is 5.75 Å². The number of benzene rings is 1. The van der Waals surface area contributed by atoms with Gasteiger partial charge in [-0.2, -0.15) is 0 Å². The quantitative estimate of drug-likeness (QED) is 0.495. The van der Waals surface area contributed by atoms with Crippen LogP contribution in [0.3, 0.4) is 0 Å². The van der Waals surface area contributed by atoms with Gasteiger partial charge < -0.3 is 25.0 Å². The number of anilines is 1. The number of hydrogen-bond acceptors (Lipinski definition) is 7. The van der Waals surface area contributed by atoms with E-state index in [1.165, 1.54) is 11.4 Å². The molecule has 1 aliphatic rings. The Balaban J connectivity index is 2.35. The summed E-state index contributed by atoms with van der Waals surface area (Å²) >= 11 is 0. The summed E-state index contributed by atoms with van der Waals surface area (Å²) in [5, 5.41) is 12.6. The monoisotopic (exact) mass is 498 g/mol. The molecule has 10 nitrogen and oxygen atoms in total. The molecule has 3 atom stereocenters. The van der Waals surface area contributed by atoms with E-state index in [2.05, 4.69) is 5.32 Å². The highest BCUT2D eigenvalue weighted by Gasteiger charge is 2.34. The van der Waals surface area contributed by atoms with Crippen molar-refractivity contribution >= 4 is 27.5 Å². The molecule has 2 rings (SSSR count). The fourth-order valence-electron chi connectivity index (χ4n) is 3.69. The van der Waals surface area contributed by atoms with Gasteiger partial charge in [-0.15, -0.1) is 0 Å². The second kappa shape index (κ2) is 12.0. The molecule has 1 heterocycles. The van der Waals surface area contributed by atoms with E-state index in [9.17, 15) is 23.1 Å². The summed E-state index contributed by atoms with van der Waals surface area (Å²) in [5.41, 5.74) is 0.728. The molecule has 0 bridgehead atoms. The van der Waals surface area contributed by atoms with Gasteiger partial charge in [-0.05, 0) is 52.2 Å². The number of hydrogen-bond donors (Lipinski definition) is 2. The van der Waals surface area contributed by atoms with Crippen molar-refractivity contribution in [2.45, 2.75) is 38.8 Å². The zero-order valence-electron chi connectivity index (χ0n) is 20.9. The van der Waals surface area contributed by atoms with Crippen molar-refractivity contribution in [2.24, 2.45) is 5.92 Å². The summed E-state index contributed by atoms with van der Waals surface area (Å²) in [5.74, 6) is -0.361. The molecule has 0 radical (unpaired) electrons. The molecule has 1 aromatic rings. The van der Waals surface area contributed by atoms with E-state index in [0.29, 0.717) is 24.3 Å². The Morgan fingerprint density at radius 3 is 2.59 bits per heavy atom. The minimum Gasteiger partial charge on any atom is -0.488 e. The van der Waals surface area contributed by atoms with Crippen LogP contribution in [0.2, 0.25) is 0 Å². The number of likely N-dealkylation sites (N-methyl/N-ethyl adjacent to an activating group) is 1. The first-order valence-electron chi connectivity index (χ1n) is 11.4. The van der Waals surface area contributed by atoms with E-state index in [1.54, 1.807) is 30.0 Å². The van der Waals surface area contributed by atoms with Gasteiger partial charge in [0.05, 0.1) is 31.0 Å². The molecule has 34 heavy (non-hydrogen) atoms. The fourth-order valence-corrected chi connectivity index (χ4v) is 4.10. The first-order chi connectivity index (χ1) is 15.8. The van der Waals surface area contributed by atoms with Crippen LogP contribution in [0.25, 0.3) is 0 Å². The van der Waals surface area contributed by atoms with Gasteiger partial charge in [0.25, 0.3) is 5.91 Å². The Bertz CT molecular complexity index is 968. The number of sulfonamides is 1. The number of carbonyl (C=O) groups is 2. The minimum atomic E-state index is -3.42. The number of nitrogens with one attached hydrogen (secondary N) is 1. The van der Waals surface area contributed by atoms with Crippen molar-refractivity contribution < 1.29 is 27.9 Å². The van der Waals surface area contributed by atoms with Crippen LogP contribution in [0.15, 0.2) is 18.2 Å². The van der Waals surface area contributed by atoms with E-state index >= 15 is 0 Å². The van der Waals surface area contributed by atoms with Crippen LogP contribution in [0.5, 0.6) is 5.75 Å². The molecule has 0 fully saturated rings. The molecule has 0 saturated carbocycles. The number of carbonyl (C=O) groups excluding carboxylic acids is 2. The van der Waals surface area contributed by atoms with Crippen LogP contribution in [-0.2, 0) is 14.8 Å². The first kappa shape index (κ1) is 28.0. The van der Waals surface area contributed by atoms with E-state index in [0.717, 1.165) is 12.8 Å². The van der Waals surface area contributed by atoms with Gasteiger partial charge in [0.2, 0.25) is 15.9 Å². The lowest BCUT2D eigenvalue weighted by atomic mass is 9.99. The summed E-state index contributed by atoms with van der Waals surface area (Å²) in [6, 6.07) is 4.42. The fraction of sp³-hybridized carbons (Fsp3) is 0.652. The zero-order chi connectivity index (χ0) is 25.6. The molecular formula is C23H38N4O6S. The van der Waals surface area contributed by atoms with E-state index in [-0.39, 0.29) is 43.0 Å². The van der Waals surface area contributed by atoms with Gasteiger partial charge >= 0.3 is 0 Å². The molecule has 1 aliphatic heterocycles. The number of aliphatic hydroxyl groups excluding tert-OH is 1. The molecule has 2 amide bonds. The topological polar surface area (TPSA) is 119 Å². The number of rotatable bonds is 10. The maximum absolute atomic E-state index is 13.4. The van der Waals surface area contributed by atoms with Crippen molar-refractivity contribution in [1.82, 2.24) is 14.1 Å². The summed E-state index contributed by atoms with van der Waals surface area (Å²) < 4.78 is 31.3. The van der Waals surface area contributed by atoms with Crippen molar-refractivity contribution in [3.63, 3.8) is 0 Å². The summed E-state index contributed by atoms with van der Waals surface area (Å²) in [6.07, 6.45) is 1.67. The highest BCUT2D eigenvalue weighted by Crippen LogP contribution is 2.31. The van der Waals surface area contributed by atoms with Crippen LogP contribution in [-0.4, -0.2) is 105 Å². The maximum atomic E-state index is 13.4. The summed E-state index contributed by atoms with van der Waals surface area (Å²) in [7, 11) is 1.95. The molecule has 0 saturated heterocycles. The van der Waals surface area contributed by atoms with Crippen LogP contribution in [0.1, 0.15) is 37.0 Å². The van der Waals surface area contributed by atoms with E-state index in [1.807, 2.05) is 25.9 Å². The molecule has 192 valence electrons. The van der Waals surface area contributed by atoms with Gasteiger partial charge in [-0.1, -0.05) is 6.92 Å². The number of amides is 2. The van der Waals surface area contributed by atoms with Crippen molar-refractivity contribution in [1.29, 1.82) is 0 Å². The molecule has 0 aromatic heterocycles. The van der Waals surface area contributed by atoms with Crippen LogP contribution >= 0.6 is 0 Å². The zero-order valence-corrected chi connectivity index (χ0v) is 21.8. The van der Waals surface area contributed by atoms with Crippen molar-refractivity contribution in [3.05, 3.63) is 23.8 Å². The third kappa shape index (κ3) is 7.66. The Morgan fingerprint density at radius 2 is 2.00 bits per heavy atom. The van der Waals surface area contributed by atoms with Crippen LogP contribution in [0.4, 0.5) is 5.69 Å². The lowest BCUT2D eigenvalue weighted by Crippen LogP contribution is -2.50. The minimum absolute atomic E-state index is 0.110. The van der Waals surface area contributed by atoms with Gasteiger partial charge in [0.15, 0.2) is 0 Å². The Kier molecular flexibility index (Phi) is 9.86. The molecule has 2 N–H and O–H groups in total. The predicted molar refractivity (Wildman–Crippen MR) is 131 cm³/mol. The van der Waals surface area contributed by atoms with Gasteiger partial charge in [0.1, 0.15) is 11.9 Å². The average Bonchev–Trinajstić information content (AvgIpc) is 2.75. The Hall–Kier alpha value is -2.21. The van der Waals surface area contributed by atoms with Gasteiger partial charge in [-0.3, -0.25) is 9.59 Å². The summed E-state index contributed by atoms with van der Waals surface area (Å²) in [6.45, 7) is 4.60. The Morgan fingerprint density at radius 1 is 1.32 bits per heavy atom. The number of nitrogens with zero attached hydrogens (tertiary/aromatic N) is 3. The van der Waals surface area contributed by atoms with Crippen molar-refractivity contribution in [2.75, 3.05) is 59.0 Å². The van der Waals surface area contributed by atoms with E-state index in [4.69, 9.17) is 4.74 Å². The first-order valence-corrected chi connectivity index (χ1v) is 13.3.